The van der Waals surface area contributed by atoms with Crippen LogP contribution in [0.2, 0.25) is 18.1 Å². The monoisotopic (exact) mass is 377 g/mol. The smallest absolute Gasteiger partial charge is 0.192 e. The standard InChI is InChI=1S/C22H36FNOSi/c1-9-15-22(17-12-10-11-13-18(17)23)16-14-19(24-22)21(5,6)25-26(7,8)20(2,3)4/h9-13,19,24H,1,14-16H2,2-8H3/t19-,22+/m1/s1. The molecule has 0 aromatic heterocycles. The van der Waals surface area contributed by atoms with Crippen LogP contribution < -0.4 is 5.32 Å². The van der Waals surface area contributed by atoms with E-state index in [4.69, 9.17) is 4.43 Å². The number of hydrogen-bond donors (Lipinski definition) is 1. The highest BCUT2D eigenvalue weighted by molar-refractivity contribution is 6.74. The predicted octanol–water partition coefficient (Wildman–Crippen LogP) is 6.15. The third-order valence-corrected chi connectivity index (χ3v) is 11.0. The zero-order chi connectivity index (χ0) is 19.8. The molecule has 1 saturated heterocycles. The van der Waals surface area contributed by atoms with E-state index < -0.39 is 13.9 Å². The maximum atomic E-state index is 14.6. The molecular formula is C22H36FNOSi. The van der Waals surface area contributed by atoms with Gasteiger partial charge in [-0.05, 0) is 57.3 Å². The van der Waals surface area contributed by atoms with Gasteiger partial charge in [0.15, 0.2) is 8.32 Å². The van der Waals surface area contributed by atoms with E-state index in [9.17, 15) is 4.39 Å². The molecule has 0 radical (unpaired) electrons. The number of hydrogen-bond acceptors (Lipinski definition) is 2. The summed E-state index contributed by atoms with van der Waals surface area (Å²) in [5.41, 5.74) is 0.0359. The van der Waals surface area contributed by atoms with Crippen molar-refractivity contribution in [3.63, 3.8) is 0 Å². The van der Waals surface area contributed by atoms with Gasteiger partial charge in [-0.1, -0.05) is 45.0 Å². The molecule has 1 aliphatic rings. The van der Waals surface area contributed by atoms with Crippen LogP contribution in [0.5, 0.6) is 0 Å². The zero-order valence-electron chi connectivity index (χ0n) is 17.6. The highest BCUT2D eigenvalue weighted by atomic mass is 28.4. The van der Waals surface area contributed by atoms with E-state index >= 15 is 0 Å². The Bertz CT molecular complexity index is 650. The van der Waals surface area contributed by atoms with Crippen molar-refractivity contribution in [1.82, 2.24) is 5.32 Å². The third-order valence-electron chi connectivity index (χ3n) is 6.36. The van der Waals surface area contributed by atoms with Gasteiger partial charge < -0.3 is 9.74 Å². The molecule has 1 aromatic rings. The molecule has 1 aliphatic heterocycles. The Morgan fingerprint density at radius 2 is 1.88 bits per heavy atom. The van der Waals surface area contributed by atoms with Gasteiger partial charge in [0.25, 0.3) is 0 Å². The molecule has 1 aromatic carbocycles. The normalized spacial score (nSPS) is 24.7. The average Bonchev–Trinajstić information content (AvgIpc) is 2.92. The molecule has 1 fully saturated rings. The van der Waals surface area contributed by atoms with Gasteiger partial charge in [0.2, 0.25) is 0 Å². The Hall–Kier alpha value is -0.973. The molecule has 4 heteroatoms. The van der Waals surface area contributed by atoms with Crippen molar-refractivity contribution in [1.29, 1.82) is 0 Å². The van der Waals surface area contributed by atoms with E-state index in [-0.39, 0.29) is 22.5 Å². The van der Waals surface area contributed by atoms with Crippen LogP contribution in [0.4, 0.5) is 4.39 Å². The van der Waals surface area contributed by atoms with Crippen molar-refractivity contribution in [2.45, 2.75) is 89.2 Å². The Labute approximate surface area is 160 Å². The fourth-order valence-corrected chi connectivity index (χ4v) is 5.61. The first kappa shape index (κ1) is 21.3. The van der Waals surface area contributed by atoms with Crippen molar-refractivity contribution >= 4 is 8.32 Å². The summed E-state index contributed by atoms with van der Waals surface area (Å²) < 4.78 is 21.3. The molecule has 0 unspecified atom stereocenters. The number of rotatable bonds is 6. The predicted molar refractivity (Wildman–Crippen MR) is 111 cm³/mol. The van der Waals surface area contributed by atoms with Crippen LogP contribution in [0.15, 0.2) is 36.9 Å². The van der Waals surface area contributed by atoms with E-state index in [1.54, 1.807) is 12.1 Å². The topological polar surface area (TPSA) is 21.3 Å². The Morgan fingerprint density at radius 1 is 1.27 bits per heavy atom. The molecule has 0 spiro atoms. The van der Waals surface area contributed by atoms with Crippen LogP contribution in [0.25, 0.3) is 0 Å². The van der Waals surface area contributed by atoms with Gasteiger partial charge in [-0.2, -0.15) is 0 Å². The van der Waals surface area contributed by atoms with Crippen LogP contribution in [0, 0.1) is 5.82 Å². The lowest BCUT2D eigenvalue weighted by Gasteiger charge is -2.46. The molecule has 1 N–H and O–H groups in total. The second kappa shape index (κ2) is 7.21. The third kappa shape index (κ3) is 4.13. The molecule has 2 atom stereocenters. The lowest BCUT2D eigenvalue weighted by atomic mass is 9.85. The summed E-state index contributed by atoms with van der Waals surface area (Å²) in [6.07, 6.45) is 4.45. The van der Waals surface area contributed by atoms with Crippen LogP contribution in [-0.2, 0) is 9.96 Å². The SMILES string of the molecule is C=CC[C@@]1(c2ccccc2F)CC[C@H](C(C)(C)O[Si](C)(C)C(C)(C)C)N1. The molecule has 2 rings (SSSR count). The summed E-state index contributed by atoms with van der Waals surface area (Å²) in [6.45, 7) is 19.6. The Morgan fingerprint density at radius 3 is 2.42 bits per heavy atom. The molecule has 26 heavy (non-hydrogen) atoms. The minimum absolute atomic E-state index is 0.148. The quantitative estimate of drug-likeness (QED) is 0.474. The van der Waals surface area contributed by atoms with Crippen molar-refractivity contribution in [2.75, 3.05) is 0 Å². The number of benzene rings is 1. The second-order valence-electron chi connectivity index (χ2n) is 9.76. The first-order valence-electron chi connectivity index (χ1n) is 9.68. The van der Waals surface area contributed by atoms with Gasteiger partial charge in [0.05, 0.1) is 11.1 Å². The van der Waals surface area contributed by atoms with Crippen molar-refractivity contribution in [3.8, 4) is 0 Å². The maximum absolute atomic E-state index is 14.6. The van der Waals surface area contributed by atoms with Gasteiger partial charge in [0, 0.05) is 11.6 Å². The Kier molecular flexibility index (Phi) is 5.92. The fourth-order valence-electron chi connectivity index (χ4n) is 3.85. The van der Waals surface area contributed by atoms with Crippen LogP contribution in [0.1, 0.15) is 59.4 Å². The molecule has 0 bridgehead atoms. The molecular weight excluding hydrogens is 341 g/mol. The first-order chi connectivity index (χ1) is 11.8. The molecule has 0 amide bonds. The van der Waals surface area contributed by atoms with Crippen molar-refractivity contribution < 1.29 is 8.82 Å². The molecule has 2 nitrogen and oxygen atoms in total. The van der Waals surface area contributed by atoms with Crippen LogP contribution in [0.3, 0.4) is 0 Å². The second-order valence-corrected chi connectivity index (χ2v) is 14.5. The number of halogens is 1. The highest BCUT2D eigenvalue weighted by Gasteiger charge is 2.49. The summed E-state index contributed by atoms with van der Waals surface area (Å²) in [6, 6.07) is 7.28. The average molecular weight is 378 g/mol. The van der Waals surface area contributed by atoms with E-state index in [1.807, 2.05) is 18.2 Å². The molecule has 1 heterocycles. The lowest BCUT2D eigenvalue weighted by molar-refractivity contribution is 0.0509. The first-order valence-corrected chi connectivity index (χ1v) is 12.6. The summed E-state index contributed by atoms with van der Waals surface area (Å²) in [5.74, 6) is -0.148. The van der Waals surface area contributed by atoms with Gasteiger partial charge in [-0.25, -0.2) is 4.39 Å². The van der Waals surface area contributed by atoms with Gasteiger partial charge in [-0.3, -0.25) is 0 Å². The minimum Gasteiger partial charge on any atom is -0.410 e. The maximum Gasteiger partial charge on any atom is 0.192 e. The van der Waals surface area contributed by atoms with E-state index in [0.29, 0.717) is 6.42 Å². The summed E-state index contributed by atoms with van der Waals surface area (Å²) >= 11 is 0. The summed E-state index contributed by atoms with van der Waals surface area (Å²) in [7, 11) is -1.90. The molecule has 0 aliphatic carbocycles. The highest BCUT2D eigenvalue weighted by Crippen LogP contribution is 2.44. The lowest BCUT2D eigenvalue weighted by Crippen LogP contribution is -2.56. The number of nitrogens with one attached hydrogen (secondary N) is 1. The van der Waals surface area contributed by atoms with E-state index in [1.165, 1.54) is 0 Å². The van der Waals surface area contributed by atoms with E-state index in [2.05, 4.69) is 59.6 Å². The minimum atomic E-state index is -1.90. The van der Waals surface area contributed by atoms with Gasteiger partial charge >= 0.3 is 0 Å². The van der Waals surface area contributed by atoms with Crippen LogP contribution in [-0.4, -0.2) is 20.0 Å². The molecule has 146 valence electrons. The van der Waals surface area contributed by atoms with Crippen molar-refractivity contribution in [3.05, 3.63) is 48.3 Å². The largest absolute Gasteiger partial charge is 0.410 e. The van der Waals surface area contributed by atoms with Gasteiger partial charge in [-0.15, -0.1) is 6.58 Å². The van der Waals surface area contributed by atoms with E-state index in [0.717, 1.165) is 18.4 Å². The van der Waals surface area contributed by atoms with Gasteiger partial charge in [0.1, 0.15) is 5.82 Å². The summed E-state index contributed by atoms with van der Waals surface area (Å²) in [4.78, 5) is 0. The zero-order valence-corrected chi connectivity index (χ0v) is 18.6. The summed E-state index contributed by atoms with van der Waals surface area (Å²) in [5, 5.41) is 3.92. The molecule has 0 saturated carbocycles. The fraction of sp³-hybridized carbons (Fsp3) is 0.636. The van der Waals surface area contributed by atoms with Crippen LogP contribution >= 0.6 is 0 Å². The van der Waals surface area contributed by atoms with Crippen molar-refractivity contribution in [2.24, 2.45) is 0 Å². The Balaban J connectivity index is 2.29.